The molecule has 0 fully saturated rings. The number of anilines is 1. The molecule has 0 saturated carbocycles. The standard InChI is InChI=1S/C12H12ClN5S/c1-18-7-6-14-10(18)4-5-15-11-8(13)2-3-9-12(11)17-19-16-9/h2-3,6-7,15H,4-5H2,1H3. The van der Waals surface area contributed by atoms with Crippen LogP contribution in [0.4, 0.5) is 5.69 Å². The maximum Gasteiger partial charge on any atom is 0.129 e. The van der Waals surface area contributed by atoms with E-state index in [0.717, 1.165) is 35.5 Å². The van der Waals surface area contributed by atoms with Crippen LogP contribution in [0.5, 0.6) is 0 Å². The normalized spacial score (nSPS) is 11.1. The van der Waals surface area contributed by atoms with E-state index in [2.05, 4.69) is 19.0 Å². The molecular weight excluding hydrogens is 282 g/mol. The van der Waals surface area contributed by atoms with Crippen LogP contribution in [0.15, 0.2) is 24.5 Å². The Morgan fingerprint density at radius 2 is 2.26 bits per heavy atom. The Bertz CT molecular complexity index is 705. The van der Waals surface area contributed by atoms with E-state index in [4.69, 9.17) is 11.6 Å². The Morgan fingerprint density at radius 3 is 3.05 bits per heavy atom. The average molecular weight is 294 g/mol. The summed E-state index contributed by atoms with van der Waals surface area (Å²) in [6.07, 6.45) is 4.56. The molecule has 0 saturated heterocycles. The van der Waals surface area contributed by atoms with Crippen LogP contribution < -0.4 is 5.32 Å². The van der Waals surface area contributed by atoms with Gasteiger partial charge in [-0.2, -0.15) is 8.75 Å². The van der Waals surface area contributed by atoms with Gasteiger partial charge in [-0.15, -0.1) is 0 Å². The van der Waals surface area contributed by atoms with Crippen molar-refractivity contribution in [1.29, 1.82) is 0 Å². The minimum atomic E-state index is 0.667. The van der Waals surface area contributed by atoms with E-state index in [-0.39, 0.29) is 0 Å². The third-order valence-electron chi connectivity index (χ3n) is 2.95. The van der Waals surface area contributed by atoms with Crippen LogP contribution in [0.25, 0.3) is 11.0 Å². The fourth-order valence-electron chi connectivity index (χ4n) is 1.93. The average Bonchev–Trinajstić information content (AvgIpc) is 3.01. The second-order valence-corrected chi connectivity index (χ2v) is 5.12. The number of aromatic nitrogens is 4. The summed E-state index contributed by atoms with van der Waals surface area (Å²) in [4.78, 5) is 4.29. The number of halogens is 1. The fraction of sp³-hybridized carbons (Fsp3) is 0.250. The van der Waals surface area contributed by atoms with Gasteiger partial charge in [-0.3, -0.25) is 0 Å². The van der Waals surface area contributed by atoms with Crippen molar-refractivity contribution in [3.8, 4) is 0 Å². The van der Waals surface area contributed by atoms with E-state index in [1.54, 1.807) is 6.20 Å². The zero-order valence-corrected chi connectivity index (χ0v) is 11.9. The molecule has 1 N–H and O–H groups in total. The van der Waals surface area contributed by atoms with Gasteiger partial charge in [-0.25, -0.2) is 4.98 Å². The van der Waals surface area contributed by atoms with E-state index in [1.807, 2.05) is 29.9 Å². The summed E-state index contributed by atoms with van der Waals surface area (Å²) < 4.78 is 10.5. The molecule has 19 heavy (non-hydrogen) atoms. The van der Waals surface area contributed by atoms with Gasteiger partial charge in [0.05, 0.1) is 22.4 Å². The first-order valence-electron chi connectivity index (χ1n) is 5.86. The lowest BCUT2D eigenvalue weighted by Crippen LogP contribution is -2.09. The molecular formula is C12H12ClN5S. The maximum atomic E-state index is 6.21. The number of hydrogen-bond donors (Lipinski definition) is 1. The molecule has 0 atom stereocenters. The van der Waals surface area contributed by atoms with E-state index >= 15 is 0 Å². The summed E-state index contributed by atoms with van der Waals surface area (Å²) in [5.74, 6) is 1.03. The van der Waals surface area contributed by atoms with Crippen molar-refractivity contribution in [1.82, 2.24) is 18.3 Å². The van der Waals surface area contributed by atoms with Crippen molar-refractivity contribution in [2.24, 2.45) is 7.05 Å². The highest BCUT2D eigenvalue weighted by atomic mass is 35.5. The van der Waals surface area contributed by atoms with Gasteiger partial charge in [0.1, 0.15) is 16.9 Å². The highest BCUT2D eigenvalue weighted by Gasteiger charge is 2.09. The lowest BCUT2D eigenvalue weighted by molar-refractivity contribution is 0.790. The first-order valence-corrected chi connectivity index (χ1v) is 6.97. The first-order chi connectivity index (χ1) is 9.25. The molecule has 3 aromatic rings. The summed E-state index contributed by atoms with van der Waals surface area (Å²) >= 11 is 7.40. The van der Waals surface area contributed by atoms with Crippen molar-refractivity contribution in [2.45, 2.75) is 6.42 Å². The summed E-state index contributed by atoms with van der Waals surface area (Å²) in [7, 11) is 1.99. The molecule has 0 aliphatic heterocycles. The Labute approximate surface area is 119 Å². The van der Waals surface area contributed by atoms with E-state index < -0.39 is 0 Å². The Hall–Kier alpha value is -1.66. The van der Waals surface area contributed by atoms with Gasteiger partial charge in [0, 0.05) is 32.4 Å². The van der Waals surface area contributed by atoms with Crippen molar-refractivity contribution >= 4 is 40.0 Å². The summed E-state index contributed by atoms with van der Waals surface area (Å²) in [5.41, 5.74) is 2.55. The minimum absolute atomic E-state index is 0.667. The zero-order chi connectivity index (χ0) is 13.2. The monoisotopic (exact) mass is 293 g/mol. The number of nitrogens with zero attached hydrogens (tertiary/aromatic N) is 4. The number of hydrogen-bond acceptors (Lipinski definition) is 5. The molecule has 0 bridgehead atoms. The van der Waals surface area contributed by atoms with Crippen LogP contribution in [-0.2, 0) is 13.5 Å². The predicted molar refractivity (Wildman–Crippen MR) is 77.8 cm³/mol. The van der Waals surface area contributed by atoms with Gasteiger partial charge < -0.3 is 9.88 Å². The van der Waals surface area contributed by atoms with Crippen LogP contribution in [0.3, 0.4) is 0 Å². The van der Waals surface area contributed by atoms with Gasteiger partial charge in [0.15, 0.2) is 0 Å². The quantitative estimate of drug-likeness (QED) is 0.803. The number of benzene rings is 1. The number of aryl methyl sites for hydroxylation is 1. The van der Waals surface area contributed by atoms with E-state index in [0.29, 0.717) is 5.02 Å². The van der Waals surface area contributed by atoms with Crippen molar-refractivity contribution < 1.29 is 0 Å². The molecule has 3 rings (SSSR count). The number of imidazole rings is 1. The Kier molecular flexibility index (Phi) is 3.35. The maximum absolute atomic E-state index is 6.21. The smallest absolute Gasteiger partial charge is 0.129 e. The van der Waals surface area contributed by atoms with Crippen LogP contribution in [-0.4, -0.2) is 24.8 Å². The second-order valence-electron chi connectivity index (χ2n) is 4.19. The second kappa shape index (κ2) is 5.14. The first kappa shape index (κ1) is 12.4. The Balaban J connectivity index is 1.76. The van der Waals surface area contributed by atoms with Gasteiger partial charge in [-0.1, -0.05) is 11.6 Å². The molecule has 0 aliphatic carbocycles. The number of fused-ring (bicyclic) bond motifs is 1. The highest BCUT2D eigenvalue weighted by molar-refractivity contribution is 7.00. The third-order valence-corrected chi connectivity index (χ3v) is 3.81. The van der Waals surface area contributed by atoms with Crippen LogP contribution in [0.1, 0.15) is 5.82 Å². The van der Waals surface area contributed by atoms with Gasteiger partial charge in [0.25, 0.3) is 0 Å². The molecule has 2 aromatic heterocycles. The summed E-state index contributed by atoms with van der Waals surface area (Å²) in [6, 6.07) is 3.72. The highest BCUT2D eigenvalue weighted by Crippen LogP contribution is 2.29. The van der Waals surface area contributed by atoms with Crippen LogP contribution in [0.2, 0.25) is 5.02 Å². The molecule has 0 amide bonds. The summed E-state index contributed by atoms with van der Waals surface area (Å²) in [5, 5.41) is 3.99. The van der Waals surface area contributed by atoms with Gasteiger partial charge >= 0.3 is 0 Å². The number of nitrogens with one attached hydrogen (secondary N) is 1. The molecule has 0 spiro atoms. The topological polar surface area (TPSA) is 55.6 Å². The molecule has 1 aromatic carbocycles. The van der Waals surface area contributed by atoms with Crippen molar-refractivity contribution in [3.05, 3.63) is 35.4 Å². The summed E-state index contributed by atoms with van der Waals surface area (Å²) in [6.45, 7) is 0.751. The predicted octanol–water partition coefficient (Wildman–Crippen LogP) is 2.73. The lowest BCUT2D eigenvalue weighted by atomic mass is 10.2. The third kappa shape index (κ3) is 2.41. The molecule has 0 aliphatic rings. The molecule has 98 valence electrons. The van der Waals surface area contributed by atoms with Gasteiger partial charge in [-0.05, 0) is 12.1 Å². The van der Waals surface area contributed by atoms with E-state index in [9.17, 15) is 0 Å². The largest absolute Gasteiger partial charge is 0.382 e. The lowest BCUT2D eigenvalue weighted by Gasteiger charge is -2.08. The Morgan fingerprint density at radius 1 is 1.37 bits per heavy atom. The van der Waals surface area contributed by atoms with Gasteiger partial charge in [0.2, 0.25) is 0 Å². The molecule has 0 unspecified atom stereocenters. The SMILES string of the molecule is Cn1ccnc1CCNc1c(Cl)ccc2nsnc12. The molecule has 0 radical (unpaired) electrons. The molecule has 2 heterocycles. The van der Waals surface area contributed by atoms with Crippen molar-refractivity contribution in [2.75, 3.05) is 11.9 Å². The fourth-order valence-corrected chi connectivity index (χ4v) is 2.69. The van der Waals surface area contributed by atoms with Crippen LogP contribution in [0, 0.1) is 0 Å². The minimum Gasteiger partial charge on any atom is -0.382 e. The zero-order valence-electron chi connectivity index (χ0n) is 10.3. The van der Waals surface area contributed by atoms with Crippen molar-refractivity contribution in [3.63, 3.8) is 0 Å². The number of rotatable bonds is 4. The van der Waals surface area contributed by atoms with Crippen LogP contribution >= 0.6 is 23.3 Å². The molecule has 7 heteroatoms. The molecule has 5 nitrogen and oxygen atoms in total. The van der Waals surface area contributed by atoms with E-state index in [1.165, 1.54) is 11.7 Å².